The Hall–Kier alpha value is -3.53. The Balaban J connectivity index is 1.74. The highest BCUT2D eigenvalue weighted by atomic mass is 32.2. The van der Waals surface area contributed by atoms with Gasteiger partial charge in [0.1, 0.15) is 17.5 Å². The number of benzene rings is 2. The van der Waals surface area contributed by atoms with Crippen molar-refractivity contribution in [3.8, 4) is 5.69 Å². The second-order valence-electron chi connectivity index (χ2n) is 7.65. The van der Waals surface area contributed by atoms with E-state index in [1.54, 1.807) is 48.1 Å². The van der Waals surface area contributed by atoms with Crippen LogP contribution in [0, 0.1) is 11.6 Å². The lowest BCUT2D eigenvalue weighted by Crippen LogP contribution is -2.27. The number of para-hydroxylation sites is 1. The van der Waals surface area contributed by atoms with Crippen LogP contribution < -0.4 is 10.9 Å². The number of nitrogens with one attached hydrogen (secondary N) is 1. The summed E-state index contributed by atoms with van der Waals surface area (Å²) in [6.07, 6.45) is 1.59. The molecular weight excluding hydrogens is 448 g/mol. The third-order valence-corrected chi connectivity index (χ3v) is 6.01. The van der Waals surface area contributed by atoms with Crippen LogP contribution in [0.5, 0.6) is 0 Å². The van der Waals surface area contributed by atoms with Gasteiger partial charge in [-0.25, -0.2) is 18.4 Å². The van der Waals surface area contributed by atoms with E-state index in [2.05, 4.69) is 15.4 Å². The van der Waals surface area contributed by atoms with Gasteiger partial charge >= 0.3 is 0 Å². The maximum Gasteiger partial charge on any atom is 0.266 e. The summed E-state index contributed by atoms with van der Waals surface area (Å²) in [5, 5.41) is 6.72. The fraction of sp³-hybridized carbons (Fsp3) is 0.217. The predicted octanol–water partition coefficient (Wildman–Crippen LogP) is 4.56. The molecular formula is C23H21F2N5O2S. The SMILES string of the molecule is CC(Sc1nc2ccccc2c(=O)n1-c1ccc(F)cc1F)C(=O)Nc1ccnn1C(C)C. The standard InChI is InChI=1S/C23H21F2N5O2S/c1-13(2)30-20(10-11-26-30)28-21(31)14(3)33-23-27-18-7-5-4-6-16(18)22(32)29(23)19-9-8-15(24)12-17(19)25/h4-14H,1-3H3,(H,28,31). The van der Waals surface area contributed by atoms with Gasteiger partial charge in [-0.2, -0.15) is 5.10 Å². The molecule has 0 saturated carbocycles. The maximum atomic E-state index is 14.6. The monoisotopic (exact) mass is 469 g/mol. The minimum Gasteiger partial charge on any atom is -0.310 e. The van der Waals surface area contributed by atoms with Crippen molar-refractivity contribution >= 4 is 34.4 Å². The third-order valence-electron chi connectivity index (χ3n) is 4.96. The number of nitrogens with zero attached hydrogens (tertiary/aromatic N) is 4. The van der Waals surface area contributed by atoms with E-state index in [1.807, 2.05) is 13.8 Å². The molecule has 0 bridgehead atoms. The zero-order chi connectivity index (χ0) is 23.7. The van der Waals surface area contributed by atoms with Crippen LogP contribution in [0.2, 0.25) is 0 Å². The molecule has 0 radical (unpaired) electrons. The Kier molecular flexibility index (Phi) is 6.28. The lowest BCUT2D eigenvalue weighted by molar-refractivity contribution is -0.115. The number of aromatic nitrogens is 4. The summed E-state index contributed by atoms with van der Waals surface area (Å²) in [5.74, 6) is -1.47. The van der Waals surface area contributed by atoms with Gasteiger partial charge in [0.25, 0.3) is 5.56 Å². The van der Waals surface area contributed by atoms with Gasteiger partial charge < -0.3 is 5.32 Å². The molecule has 1 unspecified atom stereocenters. The Morgan fingerprint density at radius 3 is 2.58 bits per heavy atom. The van der Waals surface area contributed by atoms with Gasteiger partial charge in [0, 0.05) is 18.2 Å². The van der Waals surface area contributed by atoms with Gasteiger partial charge in [-0.3, -0.25) is 14.2 Å². The molecule has 0 spiro atoms. The molecule has 1 atom stereocenters. The number of carbonyl (C=O) groups is 1. The normalized spacial score (nSPS) is 12.3. The first kappa shape index (κ1) is 22.7. The average molecular weight is 470 g/mol. The fourth-order valence-corrected chi connectivity index (χ4v) is 4.25. The zero-order valence-electron chi connectivity index (χ0n) is 18.1. The minimum atomic E-state index is -0.908. The second-order valence-corrected chi connectivity index (χ2v) is 8.96. The summed E-state index contributed by atoms with van der Waals surface area (Å²) < 4.78 is 30.9. The van der Waals surface area contributed by atoms with E-state index >= 15 is 0 Å². The number of carbonyl (C=O) groups excluding carboxylic acids is 1. The molecule has 7 nitrogen and oxygen atoms in total. The molecule has 4 rings (SSSR count). The smallest absolute Gasteiger partial charge is 0.266 e. The van der Waals surface area contributed by atoms with Gasteiger partial charge in [-0.15, -0.1) is 0 Å². The molecule has 4 aromatic rings. The van der Waals surface area contributed by atoms with Gasteiger partial charge in [0.05, 0.1) is 28.0 Å². The molecule has 0 aliphatic rings. The molecule has 2 aromatic carbocycles. The first-order valence-corrected chi connectivity index (χ1v) is 11.1. The number of thioether (sulfide) groups is 1. The van der Waals surface area contributed by atoms with Gasteiger partial charge in [0.2, 0.25) is 5.91 Å². The third kappa shape index (κ3) is 4.51. The van der Waals surface area contributed by atoms with Crippen molar-refractivity contribution in [1.29, 1.82) is 0 Å². The lowest BCUT2D eigenvalue weighted by atomic mass is 10.2. The van der Waals surface area contributed by atoms with E-state index in [-0.39, 0.29) is 28.2 Å². The van der Waals surface area contributed by atoms with E-state index < -0.39 is 22.4 Å². The highest BCUT2D eigenvalue weighted by Crippen LogP contribution is 2.27. The number of hydrogen-bond acceptors (Lipinski definition) is 5. The maximum absolute atomic E-state index is 14.6. The Bertz CT molecular complexity index is 1400. The van der Waals surface area contributed by atoms with E-state index in [1.165, 1.54) is 6.07 Å². The highest BCUT2D eigenvalue weighted by Gasteiger charge is 2.23. The number of anilines is 1. The van der Waals surface area contributed by atoms with Crippen molar-refractivity contribution < 1.29 is 13.6 Å². The Labute approximate surface area is 192 Å². The van der Waals surface area contributed by atoms with Crippen LogP contribution in [0.4, 0.5) is 14.6 Å². The summed E-state index contributed by atoms with van der Waals surface area (Å²) in [7, 11) is 0. The molecule has 10 heteroatoms. The molecule has 1 amide bonds. The van der Waals surface area contributed by atoms with E-state index in [4.69, 9.17) is 0 Å². The summed E-state index contributed by atoms with van der Waals surface area (Å²) in [6.45, 7) is 5.54. The van der Waals surface area contributed by atoms with Crippen molar-refractivity contribution in [2.45, 2.75) is 37.2 Å². The number of halogens is 2. The minimum absolute atomic E-state index is 0.0482. The molecule has 170 valence electrons. The molecule has 2 heterocycles. The predicted molar refractivity (Wildman–Crippen MR) is 124 cm³/mol. The van der Waals surface area contributed by atoms with Crippen molar-refractivity contribution in [3.05, 3.63) is 76.7 Å². The first-order valence-electron chi connectivity index (χ1n) is 10.2. The van der Waals surface area contributed by atoms with E-state index in [0.717, 1.165) is 22.4 Å². The van der Waals surface area contributed by atoms with Crippen LogP contribution in [0.1, 0.15) is 26.8 Å². The van der Waals surface area contributed by atoms with Gasteiger partial charge in [-0.05, 0) is 45.0 Å². The summed E-state index contributed by atoms with van der Waals surface area (Å²) >= 11 is 1.00. The van der Waals surface area contributed by atoms with Crippen LogP contribution in [0.25, 0.3) is 16.6 Å². The number of hydrogen-bond donors (Lipinski definition) is 1. The Morgan fingerprint density at radius 2 is 1.85 bits per heavy atom. The van der Waals surface area contributed by atoms with Crippen LogP contribution in [0.15, 0.2) is 64.7 Å². The van der Waals surface area contributed by atoms with Crippen molar-refractivity contribution in [2.24, 2.45) is 0 Å². The van der Waals surface area contributed by atoms with Gasteiger partial charge in [0.15, 0.2) is 5.16 Å². The molecule has 1 N–H and O–H groups in total. The number of rotatable bonds is 6. The van der Waals surface area contributed by atoms with E-state index in [0.29, 0.717) is 17.4 Å². The summed E-state index contributed by atoms with van der Waals surface area (Å²) in [4.78, 5) is 30.6. The molecule has 0 aliphatic carbocycles. The first-order chi connectivity index (χ1) is 15.8. The Morgan fingerprint density at radius 1 is 1.09 bits per heavy atom. The summed E-state index contributed by atoms with van der Waals surface area (Å²) in [5.41, 5.74) is -0.249. The van der Waals surface area contributed by atoms with Crippen LogP contribution in [0.3, 0.4) is 0 Å². The topological polar surface area (TPSA) is 81.8 Å². The van der Waals surface area contributed by atoms with Crippen LogP contribution in [-0.2, 0) is 4.79 Å². The largest absolute Gasteiger partial charge is 0.310 e. The fourth-order valence-electron chi connectivity index (χ4n) is 3.33. The zero-order valence-corrected chi connectivity index (χ0v) is 18.9. The van der Waals surface area contributed by atoms with Crippen molar-refractivity contribution in [3.63, 3.8) is 0 Å². The average Bonchev–Trinajstić information content (AvgIpc) is 3.23. The molecule has 2 aromatic heterocycles. The quantitative estimate of drug-likeness (QED) is 0.331. The highest BCUT2D eigenvalue weighted by molar-refractivity contribution is 8.00. The van der Waals surface area contributed by atoms with Crippen molar-refractivity contribution in [2.75, 3.05) is 5.32 Å². The second kappa shape index (κ2) is 9.14. The molecule has 0 saturated heterocycles. The number of fused-ring (bicyclic) bond motifs is 1. The van der Waals surface area contributed by atoms with Crippen molar-refractivity contribution in [1.82, 2.24) is 19.3 Å². The molecule has 33 heavy (non-hydrogen) atoms. The van der Waals surface area contributed by atoms with E-state index in [9.17, 15) is 18.4 Å². The van der Waals surface area contributed by atoms with Gasteiger partial charge in [-0.1, -0.05) is 23.9 Å². The molecule has 0 fully saturated rings. The summed E-state index contributed by atoms with van der Waals surface area (Å²) in [6, 6.07) is 11.3. The number of amides is 1. The van der Waals surface area contributed by atoms with Crippen LogP contribution >= 0.6 is 11.8 Å². The molecule has 0 aliphatic heterocycles. The lowest BCUT2D eigenvalue weighted by Gasteiger charge is -2.17. The van der Waals surface area contributed by atoms with Crippen LogP contribution in [-0.4, -0.2) is 30.5 Å².